The van der Waals surface area contributed by atoms with E-state index in [2.05, 4.69) is 9.62 Å². The molecule has 3 rings (SSSR count). The molecule has 0 spiro atoms. The van der Waals surface area contributed by atoms with Crippen LogP contribution in [0.3, 0.4) is 0 Å². The second kappa shape index (κ2) is 6.91. The molecule has 1 N–H and O–H groups in total. The van der Waals surface area contributed by atoms with E-state index < -0.39 is 10.0 Å². The molecule has 0 atom stereocenters. The summed E-state index contributed by atoms with van der Waals surface area (Å²) in [5.41, 5.74) is 1.53. The van der Waals surface area contributed by atoms with Gasteiger partial charge in [0.05, 0.1) is 12.8 Å². The minimum Gasteiger partial charge on any atom is -0.495 e. The maximum absolute atomic E-state index is 12.7. The molecule has 1 saturated heterocycles. The summed E-state index contributed by atoms with van der Waals surface area (Å²) < 4.78 is 33.2. The topological polar surface area (TPSA) is 58.6 Å². The number of halogens is 1. The van der Waals surface area contributed by atoms with Crippen LogP contribution in [-0.4, -0.2) is 28.6 Å². The van der Waals surface area contributed by atoms with Gasteiger partial charge in [0.2, 0.25) is 0 Å². The highest BCUT2D eigenvalue weighted by atomic mass is 35.5. The van der Waals surface area contributed by atoms with Crippen LogP contribution in [0.5, 0.6) is 5.75 Å². The normalized spacial score (nSPS) is 14.7. The molecule has 0 aromatic heterocycles. The number of ether oxygens (including phenoxy) is 1. The minimum absolute atomic E-state index is 0.0177. The first-order valence-corrected chi connectivity index (χ1v) is 9.57. The summed E-state index contributed by atoms with van der Waals surface area (Å²) in [5.74, 6) is 0.252. The fraction of sp³-hybridized carbons (Fsp3) is 0.294. The molecule has 0 radical (unpaired) electrons. The Kier molecular flexibility index (Phi) is 4.87. The molecule has 0 amide bonds. The number of hydrogen-bond donors (Lipinski definition) is 1. The molecule has 0 bridgehead atoms. The summed E-state index contributed by atoms with van der Waals surface area (Å²) in [6.45, 7) is 2.00. The maximum Gasteiger partial charge on any atom is 0.265 e. The third kappa shape index (κ3) is 3.60. The maximum atomic E-state index is 12.7. The summed E-state index contributed by atoms with van der Waals surface area (Å²) in [4.78, 5) is 2.27. The van der Waals surface area contributed by atoms with Crippen LogP contribution in [-0.2, 0) is 10.0 Å². The number of methoxy groups -OCH3 is 1. The van der Waals surface area contributed by atoms with Gasteiger partial charge in [0.15, 0.2) is 0 Å². The summed E-state index contributed by atoms with van der Waals surface area (Å²) >= 11 is 5.94. The van der Waals surface area contributed by atoms with Gasteiger partial charge in [-0.05, 0) is 49.2 Å². The van der Waals surface area contributed by atoms with Crippen LogP contribution in [0.1, 0.15) is 12.8 Å². The number of sulfonamides is 1. The third-order valence-corrected chi connectivity index (χ3v) is 5.62. The zero-order chi connectivity index (χ0) is 17.2. The lowest BCUT2D eigenvalue weighted by atomic mass is 10.2. The molecule has 0 aliphatic carbocycles. The molecule has 2 aromatic carbocycles. The monoisotopic (exact) mass is 366 g/mol. The molecule has 5 nitrogen and oxygen atoms in total. The van der Waals surface area contributed by atoms with Gasteiger partial charge in [0, 0.05) is 23.8 Å². The first-order chi connectivity index (χ1) is 11.5. The van der Waals surface area contributed by atoms with Crippen molar-refractivity contribution in [3.05, 3.63) is 47.5 Å². The van der Waals surface area contributed by atoms with Crippen LogP contribution in [0.25, 0.3) is 0 Å². The summed E-state index contributed by atoms with van der Waals surface area (Å²) in [6, 6.07) is 11.9. The van der Waals surface area contributed by atoms with Gasteiger partial charge in [-0.15, -0.1) is 0 Å². The van der Waals surface area contributed by atoms with E-state index in [1.54, 1.807) is 12.1 Å². The van der Waals surface area contributed by atoms with E-state index in [1.807, 2.05) is 18.2 Å². The molecular formula is C17H19ClN2O3S. The quantitative estimate of drug-likeness (QED) is 0.875. The Morgan fingerprint density at radius 2 is 1.88 bits per heavy atom. The van der Waals surface area contributed by atoms with Crippen molar-refractivity contribution in [1.29, 1.82) is 0 Å². The van der Waals surface area contributed by atoms with Crippen LogP contribution >= 0.6 is 11.6 Å². The van der Waals surface area contributed by atoms with E-state index in [0.717, 1.165) is 31.6 Å². The number of benzene rings is 2. The van der Waals surface area contributed by atoms with Crippen LogP contribution in [0, 0.1) is 0 Å². The summed E-state index contributed by atoms with van der Waals surface area (Å²) in [6.07, 6.45) is 2.32. The van der Waals surface area contributed by atoms with Gasteiger partial charge >= 0.3 is 0 Å². The second-order valence-corrected chi connectivity index (χ2v) is 7.73. The molecule has 7 heteroatoms. The Balaban J connectivity index is 1.90. The largest absolute Gasteiger partial charge is 0.495 e. The van der Waals surface area contributed by atoms with Crippen molar-refractivity contribution < 1.29 is 13.2 Å². The smallest absolute Gasteiger partial charge is 0.265 e. The van der Waals surface area contributed by atoms with Crippen LogP contribution in [0.15, 0.2) is 47.4 Å². The average Bonchev–Trinajstić information content (AvgIpc) is 3.09. The average molecular weight is 367 g/mol. The van der Waals surface area contributed by atoms with Crippen molar-refractivity contribution in [2.45, 2.75) is 17.7 Å². The summed E-state index contributed by atoms with van der Waals surface area (Å²) in [5, 5.41) is 0.335. The molecule has 1 heterocycles. The van der Waals surface area contributed by atoms with Gasteiger partial charge < -0.3 is 9.64 Å². The second-order valence-electron chi connectivity index (χ2n) is 5.65. The Morgan fingerprint density at radius 1 is 1.12 bits per heavy atom. The highest BCUT2D eigenvalue weighted by Gasteiger charge is 2.21. The molecule has 1 fully saturated rings. The molecule has 0 saturated carbocycles. The van der Waals surface area contributed by atoms with Crippen LogP contribution < -0.4 is 14.4 Å². The third-order valence-electron chi connectivity index (χ3n) is 3.98. The molecule has 128 valence electrons. The standard InChI is InChI=1S/C17H19ClN2O3S/c1-23-16-8-7-13(18)11-17(16)24(21,22)19-14-5-4-6-15(12-14)20-9-2-3-10-20/h4-8,11-12,19H,2-3,9-10H2,1H3. The van der Waals surface area contributed by atoms with E-state index >= 15 is 0 Å². The van der Waals surface area contributed by atoms with Gasteiger partial charge in [-0.3, -0.25) is 4.72 Å². The SMILES string of the molecule is COc1ccc(Cl)cc1S(=O)(=O)Nc1cccc(N2CCCC2)c1. The number of hydrogen-bond acceptors (Lipinski definition) is 4. The Hall–Kier alpha value is -1.92. The van der Waals surface area contributed by atoms with E-state index in [1.165, 1.54) is 19.2 Å². The fourth-order valence-corrected chi connectivity index (χ4v) is 4.29. The number of nitrogens with zero attached hydrogens (tertiary/aromatic N) is 1. The fourth-order valence-electron chi connectivity index (χ4n) is 2.81. The van der Waals surface area contributed by atoms with Crippen LogP contribution in [0.4, 0.5) is 11.4 Å². The van der Waals surface area contributed by atoms with Crippen LogP contribution in [0.2, 0.25) is 5.02 Å². The highest BCUT2D eigenvalue weighted by Crippen LogP contribution is 2.30. The van der Waals surface area contributed by atoms with Crippen molar-refractivity contribution in [3.63, 3.8) is 0 Å². The number of anilines is 2. The molecule has 0 unspecified atom stereocenters. The predicted octanol–water partition coefficient (Wildman–Crippen LogP) is 3.75. The number of nitrogens with one attached hydrogen (secondary N) is 1. The highest BCUT2D eigenvalue weighted by molar-refractivity contribution is 7.92. The van der Waals surface area contributed by atoms with Crippen molar-refractivity contribution in [3.8, 4) is 5.75 Å². The molecular weight excluding hydrogens is 348 g/mol. The number of rotatable bonds is 5. The van der Waals surface area contributed by atoms with Crippen molar-refractivity contribution in [1.82, 2.24) is 0 Å². The van der Waals surface area contributed by atoms with Crippen molar-refractivity contribution >= 4 is 33.0 Å². The van der Waals surface area contributed by atoms with Crippen molar-refractivity contribution in [2.24, 2.45) is 0 Å². The van der Waals surface area contributed by atoms with E-state index in [0.29, 0.717) is 10.7 Å². The van der Waals surface area contributed by atoms with E-state index in [4.69, 9.17) is 16.3 Å². The Morgan fingerprint density at radius 3 is 2.58 bits per heavy atom. The Bertz CT molecular complexity index is 833. The lowest BCUT2D eigenvalue weighted by molar-refractivity contribution is 0.403. The Labute approximate surface area is 147 Å². The van der Waals surface area contributed by atoms with Gasteiger partial charge in [0.1, 0.15) is 10.6 Å². The summed E-state index contributed by atoms with van der Waals surface area (Å²) in [7, 11) is -2.37. The van der Waals surface area contributed by atoms with Gasteiger partial charge in [-0.2, -0.15) is 0 Å². The molecule has 24 heavy (non-hydrogen) atoms. The van der Waals surface area contributed by atoms with E-state index in [-0.39, 0.29) is 10.6 Å². The van der Waals surface area contributed by atoms with Gasteiger partial charge in [-0.25, -0.2) is 8.42 Å². The van der Waals surface area contributed by atoms with Crippen molar-refractivity contribution in [2.75, 3.05) is 29.8 Å². The zero-order valence-electron chi connectivity index (χ0n) is 13.3. The lowest BCUT2D eigenvalue weighted by Crippen LogP contribution is -2.18. The minimum atomic E-state index is -3.80. The molecule has 1 aliphatic heterocycles. The van der Waals surface area contributed by atoms with Gasteiger partial charge in [0.25, 0.3) is 10.0 Å². The molecule has 1 aliphatic rings. The predicted molar refractivity (Wildman–Crippen MR) is 96.7 cm³/mol. The molecule has 2 aromatic rings. The lowest BCUT2D eigenvalue weighted by Gasteiger charge is -2.19. The van der Waals surface area contributed by atoms with E-state index in [9.17, 15) is 8.42 Å². The van der Waals surface area contributed by atoms with Gasteiger partial charge in [-0.1, -0.05) is 17.7 Å². The first kappa shape index (κ1) is 16.9. The first-order valence-electron chi connectivity index (χ1n) is 7.71. The zero-order valence-corrected chi connectivity index (χ0v) is 14.9.